The highest BCUT2D eigenvalue weighted by Gasteiger charge is 2.38. The second-order valence-corrected chi connectivity index (χ2v) is 9.18. The lowest BCUT2D eigenvalue weighted by Gasteiger charge is -2.02. The van der Waals surface area contributed by atoms with Crippen molar-refractivity contribution >= 4 is 15.4 Å². The summed E-state index contributed by atoms with van der Waals surface area (Å²) in [4.78, 5) is 7.79. The number of aromatic nitrogens is 4. The van der Waals surface area contributed by atoms with Crippen molar-refractivity contribution in [2.75, 3.05) is 6.26 Å². The van der Waals surface area contributed by atoms with Crippen molar-refractivity contribution in [2.24, 2.45) is 4.36 Å². The van der Waals surface area contributed by atoms with E-state index in [0.717, 1.165) is 5.56 Å². The van der Waals surface area contributed by atoms with E-state index in [4.69, 9.17) is 0 Å². The quantitative estimate of drug-likeness (QED) is 0.469. The Labute approximate surface area is 169 Å². The van der Waals surface area contributed by atoms with Crippen molar-refractivity contribution in [1.29, 1.82) is 0 Å². The number of halogens is 3. The fourth-order valence-corrected chi connectivity index (χ4v) is 4.02. The van der Waals surface area contributed by atoms with Crippen LogP contribution in [0.2, 0.25) is 0 Å². The molecule has 0 saturated carbocycles. The van der Waals surface area contributed by atoms with Gasteiger partial charge in [0.05, 0.1) is 18.0 Å². The summed E-state index contributed by atoms with van der Waals surface area (Å²) in [5.74, 6) is -1.44. The highest BCUT2D eigenvalue weighted by atomic mass is 32.2. The number of hydrogen-bond donors (Lipinski definition) is 0. The number of imidazole rings is 1. The fraction of sp³-hybridized carbons (Fsp3) is 0.211. The van der Waals surface area contributed by atoms with Crippen LogP contribution in [0.1, 0.15) is 17.1 Å². The van der Waals surface area contributed by atoms with Gasteiger partial charge in [0.15, 0.2) is 0 Å². The summed E-state index contributed by atoms with van der Waals surface area (Å²) < 4.78 is 61.0. The molecule has 4 aromatic rings. The zero-order valence-electron chi connectivity index (χ0n) is 15.7. The Morgan fingerprint density at radius 3 is 2.57 bits per heavy atom. The molecule has 7 nitrogen and oxygen atoms in total. The van der Waals surface area contributed by atoms with Crippen molar-refractivity contribution in [2.45, 2.75) is 18.5 Å². The average Bonchev–Trinajstić information content (AvgIpc) is 3.33. The minimum absolute atomic E-state index is 0.150. The first-order valence-electron chi connectivity index (χ1n) is 8.78. The van der Waals surface area contributed by atoms with Crippen LogP contribution in [-0.4, -0.2) is 30.0 Å². The van der Waals surface area contributed by atoms with E-state index in [0.29, 0.717) is 23.4 Å². The van der Waals surface area contributed by atoms with Crippen LogP contribution in [0.15, 0.2) is 63.7 Å². The van der Waals surface area contributed by atoms with Crippen LogP contribution < -0.4 is 0 Å². The minimum atomic E-state index is -4.71. The van der Waals surface area contributed by atoms with Crippen LogP contribution in [0.3, 0.4) is 0 Å². The summed E-state index contributed by atoms with van der Waals surface area (Å²) in [5.41, 5.74) is 2.40. The highest BCUT2D eigenvalue weighted by molar-refractivity contribution is 7.92. The highest BCUT2D eigenvalue weighted by Crippen LogP contribution is 2.29. The van der Waals surface area contributed by atoms with Crippen molar-refractivity contribution in [3.8, 4) is 11.4 Å². The number of rotatable bonds is 5. The number of fused-ring (bicyclic) bond motifs is 1. The standard InChI is InChI=1S/C19H16F3N5O2S/c1-30(28,23-9-13-5-3-2-4-6-13)12-15-11-27-10-14(7-8-16(27)24-15)17-25-18(29-26-17)19(20,21)22/h2-8,10-11H,9,12H2,1H3. The smallest absolute Gasteiger partial charge is 0.329 e. The first kappa shape index (κ1) is 20.1. The van der Waals surface area contributed by atoms with Gasteiger partial charge in [-0.2, -0.15) is 18.2 Å². The van der Waals surface area contributed by atoms with Crippen molar-refractivity contribution in [3.63, 3.8) is 0 Å². The number of benzene rings is 1. The van der Waals surface area contributed by atoms with Crippen molar-refractivity contribution < 1.29 is 21.9 Å². The molecular weight excluding hydrogens is 419 g/mol. The maximum Gasteiger partial charge on any atom is 0.471 e. The molecule has 0 amide bonds. The van der Waals surface area contributed by atoms with E-state index in [9.17, 15) is 17.4 Å². The number of alkyl halides is 3. The predicted molar refractivity (Wildman–Crippen MR) is 104 cm³/mol. The van der Waals surface area contributed by atoms with Gasteiger partial charge >= 0.3 is 12.1 Å². The summed E-state index contributed by atoms with van der Waals surface area (Å²) in [6.07, 6.45) is 0.0612. The van der Waals surface area contributed by atoms with Gasteiger partial charge in [-0.05, 0) is 17.7 Å². The first-order valence-corrected chi connectivity index (χ1v) is 10.9. The third-order valence-electron chi connectivity index (χ3n) is 4.21. The van der Waals surface area contributed by atoms with Gasteiger partial charge in [0, 0.05) is 33.9 Å². The third kappa shape index (κ3) is 4.51. The average molecular weight is 435 g/mol. The van der Waals surface area contributed by atoms with E-state index >= 15 is 0 Å². The molecule has 0 saturated heterocycles. The lowest BCUT2D eigenvalue weighted by molar-refractivity contribution is -0.159. The van der Waals surface area contributed by atoms with E-state index < -0.39 is 21.8 Å². The Morgan fingerprint density at radius 2 is 1.87 bits per heavy atom. The predicted octanol–water partition coefficient (Wildman–Crippen LogP) is 4.20. The Hall–Kier alpha value is -3.21. The van der Waals surface area contributed by atoms with Gasteiger partial charge in [-0.15, -0.1) is 0 Å². The van der Waals surface area contributed by atoms with Gasteiger partial charge in [-0.25, -0.2) is 13.6 Å². The molecule has 30 heavy (non-hydrogen) atoms. The Kier molecular flexibility index (Phi) is 5.06. The second kappa shape index (κ2) is 7.56. The van der Waals surface area contributed by atoms with E-state index in [-0.39, 0.29) is 11.6 Å². The molecule has 0 aliphatic carbocycles. The van der Waals surface area contributed by atoms with E-state index in [2.05, 4.69) is 24.0 Å². The molecule has 0 bridgehead atoms. The molecule has 1 aromatic carbocycles. The molecule has 0 aliphatic rings. The molecule has 156 valence electrons. The zero-order valence-corrected chi connectivity index (χ0v) is 16.5. The summed E-state index contributed by atoms with van der Waals surface area (Å²) in [7, 11) is -2.52. The van der Waals surface area contributed by atoms with Gasteiger partial charge < -0.3 is 8.92 Å². The molecule has 0 fully saturated rings. The van der Waals surface area contributed by atoms with Crippen LogP contribution in [0.5, 0.6) is 0 Å². The topological polar surface area (TPSA) is 85.7 Å². The molecule has 0 N–H and O–H groups in total. The van der Waals surface area contributed by atoms with Crippen LogP contribution in [-0.2, 0) is 28.2 Å². The molecule has 0 spiro atoms. The zero-order chi connectivity index (χ0) is 21.4. The van der Waals surface area contributed by atoms with Gasteiger partial charge in [0.25, 0.3) is 0 Å². The number of pyridine rings is 1. The van der Waals surface area contributed by atoms with Crippen LogP contribution in [0.4, 0.5) is 13.2 Å². The summed E-state index contributed by atoms with van der Waals surface area (Å²) in [5, 5.41) is 3.38. The summed E-state index contributed by atoms with van der Waals surface area (Å²) in [6, 6.07) is 12.7. The third-order valence-corrected chi connectivity index (χ3v) is 5.71. The van der Waals surface area contributed by atoms with Gasteiger partial charge in [-0.1, -0.05) is 35.5 Å². The van der Waals surface area contributed by atoms with E-state index in [1.807, 2.05) is 30.3 Å². The maximum atomic E-state index is 12.8. The normalized spacial score (nSPS) is 14.0. The monoisotopic (exact) mass is 435 g/mol. The molecule has 11 heteroatoms. The molecular formula is C19H16F3N5O2S. The Bertz CT molecular complexity index is 1300. The Morgan fingerprint density at radius 1 is 1.10 bits per heavy atom. The SMILES string of the molecule is CS(=O)(Cc1cn2cc(-c3noc(C(F)(F)F)n3)ccc2n1)=NCc1ccccc1. The molecule has 4 rings (SSSR count). The van der Waals surface area contributed by atoms with Gasteiger partial charge in [-0.3, -0.25) is 0 Å². The maximum absolute atomic E-state index is 12.8. The molecule has 0 aliphatic heterocycles. The van der Waals surface area contributed by atoms with Crippen molar-refractivity contribution in [3.05, 3.63) is 72.0 Å². The summed E-state index contributed by atoms with van der Waals surface area (Å²) in [6.45, 7) is 0.340. The Balaban J connectivity index is 1.56. The van der Waals surface area contributed by atoms with Crippen LogP contribution in [0, 0.1) is 0 Å². The molecule has 3 heterocycles. The van der Waals surface area contributed by atoms with Crippen molar-refractivity contribution in [1.82, 2.24) is 19.5 Å². The lowest BCUT2D eigenvalue weighted by atomic mass is 10.2. The lowest BCUT2D eigenvalue weighted by Crippen LogP contribution is -2.04. The molecule has 1 unspecified atom stereocenters. The van der Waals surface area contributed by atoms with Gasteiger partial charge in [0.2, 0.25) is 5.82 Å². The van der Waals surface area contributed by atoms with Gasteiger partial charge in [0.1, 0.15) is 5.65 Å². The largest absolute Gasteiger partial charge is 0.471 e. The summed E-state index contributed by atoms with van der Waals surface area (Å²) >= 11 is 0. The first-order chi connectivity index (χ1) is 14.2. The number of nitrogens with zero attached hydrogens (tertiary/aromatic N) is 5. The minimum Gasteiger partial charge on any atom is -0.329 e. The molecule has 0 radical (unpaired) electrons. The fourth-order valence-electron chi connectivity index (χ4n) is 2.82. The van der Waals surface area contributed by atoms with E-state index in [1.165, 1.54) is 6.20 Å². The van der Waals surface area contributed by atoms with E-state index in [1.54, 1.807) is 29.0 Å². The molecule has 3 aromatic heterocycles. The number of hydrogen-bond acceptors (Lipinski definition) is 6. The molecule has 1 atom stereocenters. The second-order valence-electron chi connectivity index (χ2n) is 6.71. The van der Waals surface area contributed by atoms with Crippen LogP contribution in [0.25, 0.3) is 17.0 Å². The van der Waals surface area contributed by atoms with Crippen LogP contribution >= 0.6 is 0 Å².